The molecule has 6 heteroatoms. The lowest BCUT2D eigenvalue weighted by molar-refractivity contribution is -0.137. The van der Waals surface area contributed by atoms with E-state index in [9.17, 15) is 4.79 Å². The van der Waals surface area contributed by atoms with Crippen LogP contribution in [0.25, 0.3) is 10.9 Å². The van der Waals surface area contributed by atoms with Gasteiger partial charge >= 0.3 is 5.97 Å². The molecule has 2 aromatic rings. The fraction of sp³-hybridized carbons (Fsp3) is 0.500. The van der Waals surface area contributed by atoms with Gasteiger partial charge in [-0.3, -0.25) is 4.90 Å². The van der Waals surface area contributed by atoms with Crippen molar-refractivity contribution in [2.24, 2.45) is 11.8 Å². The van der Waals surface area contributed by atoms with Crippen LogP contribution in [0.2, 0.25) is 0 Å². The molecular weight excluding hydrogens is 420 g/mol. The lowest BCUT2D eigenvalue weighted by atomic mass is 9.75. The second-order valence-electron chi connectivity index (χ2n) is 7.65. The Bertz CT molecular complexity index is 920. The summed E-state index contributed by atoms with van der Waals surface area (Å²) in [6, 6.07) is 6.46. The maximum atomic E-state index is 12.4. The highest BCUT2D eigenvalue weighted by molar-refractivity contribution is 9.09. The molecule has 0 aliphatic carbocycles. The van der Waals surface area contributed by atoms with Crippen LogP contribution in [0, 0.1) is 11.8 Å². The Morgan fingerprint density at radius 1 is 1.39 bits per heavy atom. The monoisotopic (exact) mass is 446 g/mol. The third-order valence-corrected chi connectivity index (χ3v) is 7.24. The zero-order valence-corrected chi connectivity index (χ0v) is 18.2. The summed E-state index contributed by atoms with van der Waals surface area (Å²) in [6.07, 6.45) is 3.85. The number of aromatic amines is 1. The summed E-state index contributed by atoms with van der Waals surface area (Å²) in [7, 11) is 3.20. The molecule has 3 heterocycles. The van der Waals surface area contributed by atoms with Gasteiger partial charge in [0.25, 0.3) is 0 Å². The van der Waals surface area contributed by atoms with Crippen molar-refractivity contribution in [3.05, 3.63) is 41.1 Å². The molecule has 1 aromatic carbocycles. The maximum Gasteiger partial charge on any atom is 0.333 e. The second-order valence-corrected chi connectivity index (χ2v) is 8.30. The van der Waals surface area contributed by atoms with Crippen molar-refractivity contribution in [2.75, 3.05) is 32.6 Å². The van der Waals surface area contributed by atoms with Crippen molar-refractivity contribution in [3.8, 4) is 5.75 Å². The molecule has 150 valence electrons. The predicted octanol–water partition coefficient (Wildman–Crippen LogP) is 4.23. The van der Waals surface area contributed by atoms with E-state index in [-0.39, 0.29) is 17.9 Å². The normalized spacial score (nSPS) is 25.3. The third-order valence-electron chi connectivity index (χ3n) is 6.41. The lowest BCUT2D eigenvalue weighted by Gasteiger charge is -2.46. The summed E-state index contributed by atoms with van der Waals surface area (Å²) < 4.78 is 10.7. The van der Waals surface area contributed by atoms with Gasteiger partial charge in [0.15, 0.2) is 0 Å². The number of halogens is 1. The highest BCUT2D eigenvalue weighted by Gasteiger charge is 2.42. The average Bonchev–Trinajstić information content (AvgIpc) is 3.12. The van der Waals surface area contributed by atoms with Crippen LogP contribution in [0.3, 0.4) is 0 Å². The van der Waals surface area contributed by atoms with E-state index < -0.39 is 0 Å². The number of carbonyl (C=O) groups is 1. The van der Waals surface area contributed by atoms with Crippen molar-refractivity contribution in [1.29, 1.82) is 0 Å². The molecule has 5 nitrogen and oxygen atoms in total. The molecule has 4 rings (SSSR count). The molecule has 0 radical (unpaired) electrons. The molecular formula is C22H27BrN2O3. The Morgan fingerprint density at radius 3 is 2.89 bits per heavy atom. The molecule has 1 fully saturated rings. The van der Waals surface area contributed by atoms with Gasteiger partial charge in [0, 0.05) is 40.6 Å². The van der Waals surface area contributed by atoms with E-state index in [1.807, 2.05) is 25.1 Å². The number of alkyl halides is 1. The largest absolute Gasteiger partial charge is 0.496 e. The molecule has 0 amide bonds. The number of ether oxygens (including phenoxy) is 2. The van der Waals surface area contributed by atoms with Gasteiger partial charge in [-0.05, 0) is 49.3 Å². The first-order chi connectivity index (χ1) is 13.6. The molecule has 2 aliphatic heterocycles. The fourth-order valence-electron chi connectivity index (χ4n) is 5.10. The molecule has 28 heavy (non-hydrogen) atoms. The Balaban J connectivity index is 1.76. The van der Waals surface area contributed by atoms with E-state index in [1.54, 1.807) is 7.11 Å². The van der Waals surface area contributed by atoms with Crippen LogP contribution in [0.5, 0.6) is 5.75 Å². The van der Waals surface area contributed by atoms with Crippen molar-refractivity contribution in [2.45, 2.75) is 25.8 Å². The van der Waals surface area contributed by atoms with Crippen LogP contribution < -0.4 is 4.74 Å². The minimum Gasteiger partial charge on any atom is -0.496 e. The topological polar surface area (TPSA) is 54.6 Å². The number of hydrogen-bond acceptors (Lipinski definition) is 4. The Kier molecular flexibility index (Phi) is 5.52. The highest BCUT2D eigenvalue weighted by Crippen LogP contribution is 2.46. The van der Waals surface area contributed by atoms with Gasteiger partial charge in [-0.15, -0.1) is 0 Å². The lowest BCUT2D eigenvalue weighted by Crippen LogP contribution is -2.47. The number of fused-ring (bicyclic) bond motifs is 5. The van der Waals surface area contributed by atoms with Gasteiger partial charge < -0.3 is 14.5 Å². The number of benzene rings is 1. The summed E-state index contributed by atoms with van der Waals surface area (Å²) >= 11 is 3.68. The standard InChI is InChI=1S/C22H27BrN2O3/c1-4-14(22(26)28-3)16-10-18-21-15(8-9-25(18)12-13(16)11-23)20-17(24-21)6-5-7-19(20)27-2/h4-7,13,16,18,24H,8-12H2,1-3H3/b14-4+/t13-,16+,18+/m1/s1. The fourth-order valence-corrected chi connectivity index (χ4v) is 5.75. The quantitative estimate of drug-likeness (QED) is 0.433. The smallest absolute Gasteiger partial charge is 0.333 e. The van der Waals surface area contributed by atoms with E-state index in [4.69, 9.17) is 9.47 Å². The number of piperidine rings is 1. The summed E-state index contributed by atoms with van der Waals surface area (Å²) in [6.45, 7) is 3.94. The second kappa shape index (κ2) is 7.91. The first-order valence-corrected chi connectivity index (χ1v) is 11.0. The molecule has 0 spiro atoms. The highest BCUT2D eigenvalue weighted by atomic mass is 79.9. The van der Waals surface area contributed by atoms with E-state index in [1.165, 1.54) is 23.8 Å². The molecule has 0 bridgehead atoms. The van der Waals surface area contributed by atoms with Crippen LogP contribution in [0.4, 0.5) is 0 Å². The van der Waals surface area contributed by atoms with Gasteiger partial charge in [-0.25, -0.2) is 4.79 Å². The molecule has 1 saturated heterocycles. The number of nitrogens with zero attached hydrogens (tertiary/aromatic N) is 1. The number of aromatic nitrogens is 1. The molecule has 0 saturated carbocycles. The number of methoxy groups -OCH3 is 2. The van der Waals surface area contributed by atoms with Crippen molar-refractivity contribution >= 4 is 32.8 Å². The van der Waals surface area contributed by atoms with E-state index in [0.717, 1.165) is 48.1 Å². The zero-order chi connectivity index (χ0) is 19.8. The number of hydrogen-bond donors (Lipinski definition) is 1. The van der Waals surface area contributed by atoms with Crippen LogP contribution in [-0.4, -0.2) is 48.5 Å². The van der Waals surface area contributed by atoms with Gasteiger partial charge in [-0.1, -0.05) is 28.1 Å². The van der Waals surface area contributed by atoms with Crippen LogP contribution in [0.15, 0.2) is 29.8 Å². The first-order valence-electron chi connectivity index (χ1n) is 9.84. The molecule has 2 aliphatic rings. The molecule has 0 unspecified atom stereocenters. The SMILES string of the molecule is C/C=C(/C(=O)OC)[C@H]1C[C@H]2c3[nH]c4cccc(OC)c4c3CCN2C[C@H]1CBr. The number of rotatable bonds is 4. The van der Waals surface area contributed by atoms with Crippen LogP contribution in [0.1, 0.15) is 30.6 Å². The number of nitrogens with one attached hydrogen (secondary N) is 1. The molecule has 1 aromatic heterocycles. The van der Waals surface area contributed by atoms with Gasteiger partial charge in [0.05, 0.1) is 20.3 Å². The van der Waals surface area contributed by atoms with Crippen molar-refractivity contribution < 1.29 is 14.3 Å². The third kappa shape index (κ3) is 3.07. The van der Waals surface area contributed by atoms with E-state index >= 15 is 0 Å². The van der Waals surface area contributed by atoms with Crippen LogP contribution in [-0.2, 0) is 16.0 Å². The van der Waals surface area contributed by atoms with Gasteiger partial charge in [0.1, 0.15) is 5.75 Å². The summed E-state index contributed by atoms with van der Waals surface area (Å²) in [5.41, 5.74) is 4.57. The first kappa shape index (κ1) is 19.5. The number of carbonyl (C=O) groups excluding carboxylic acids is 1. The molecule has 3 atom stereocenters. The number of H-pyrrole nitrogens is 1. The Labute approximate surface area is 174 Å². The minimum absolute atomic E-state index is 0.178. The summed E-state index contributed by atoms with van der Waals surface area (Å²) in [5.74, 6) is 1.29. The van der Waals surface area contributed by atoms with Crippen molar-refractivity contribution in [1.82, 2.24) is 9.88 Å². The predicted molar refractivity (Wildman–Crippen MR) is 114 cm³/mol. The van der Waals surface area contributed by atoms with Gasteiger partial charge in [-0.2, -0.15) is 0 Å². The van der Waals surface area contributed by atoms with Crippen LogP contribution >= 0.6 is 15.9 Å². The number of esters is 1. The Hall–Kier alpha value is -1.79. The Morgan fingerprint density at radius 2 is 2.21 bits per heavy atom. The summed E-state index contributed by atoms with van der Waals surface area (Å²) in [4.78, 5) is 18.6. The van der Waals surface area contributed by atoms with E-state index in [0.29, 0.717) is 5.92 Å². The zero-order valence-electron chi connectivity index (χ0n) is 16.6. The maximum absolute atomic E-state index is 12.4. The minimum atomic E-state index is -0.207. The van der Waals surface area contributed by atoms with Gasteiger partial charge in [0.2, 0.25) is 0 Å². The summed E-state index contributed by atoms with van der Waals surface area (Å²) in [5, 5.41) is 2.08. The molecule has 1 N–H and O–H groups in total. The number of allylic oxidation sites excluding steroid dienone is 1. The van der Waals surface area contributed by atoms with E-state index in [2.05, 4.69) is 31.9 Å². The van der Waals surface area contributed by atoms with Crippen molar-refractivity contribution in [3.63, 3.8) is 0 Å². The average molecular weight is 447 g/mol.